The van der Waals surface area contributed by atoms with Gasteiger partial charge in [0.05, 0.1) is 11.8 Å². The maximum absolute atomic E-state index is 5.54. The Morgan fingerprint density at radius 2 is 2.25 bits per heavy atom. The van der Waals surface area contributed by atoms with E-state index in [9.17, 15) is 0 Å². The van der Waals surface area contributed by atoms with Crippen molar-refractivity contribution >= 4 is 23.0 Å². The van der Waals surface area contributed by atoms with E-state index in [0.29, 0.717) is 5.11 Å². The van der Waals surface area contributed by atoms with Gasteiger partial charge < -0.3 is 10.1 Å². The Morgan fingerprint density at radius 1 is 1.35 bits per heavy atom. The number of fused-ring (bicyclic) bond motifs is 1. The van der Waals surface area contributed by atoms with Crippen molar-refractivity contribution in [1.29, 1.82) is 0 Å². The summed E-state index contributed by atoms with van der Waals surface area (Å²) in [5.41, 5.74) is 6.63. The predicted octanol–water partition coefficient (Wildman–Crippen LogP) is 1.98. The van der Waals surface area contributed by atoms with E-state index < -0.39 is 0 Å². The summed E-state index contributed by atoms with van der Waals surface area (Å²) in [6.07, 6.45) is 4.57. The molecule has 2 aliphatic rings. The van der Waals surface area contributed by atoms with Gasteiger partial charge in [-0.1, -0.05) is 24.3 Å². The summed E-state index contributed by atoms with van der Waals surface area (Å²) in [4.78, 5) is 0. The standard InChI is InChI=1S/C15H19N3OS/c20-15(16-10-12-5-3-9-19-12)18-17-14-8-7-11-4-1-2-6-13(11)14/h1-2,4,6,12H,3,5,7-10H2,(H2,16,18,20). The zero-order chi connectivity index (χ0) is 13.8. The first-order valence-electron chi connectivity index (χ1n) is 7.13. The maximum atomic E-state index is 5.54. The highest BCUT2D eigenvalue weighted by molar-refractivity contribution is 7.80. The predicted molar refractivity (Wildman–Crippen MR) is 84.0 cm³/mol. The third-order valence-electron chi connectivity index (χ3n) is 3.77. The number of nitrogens with zero attached hydrogens (tertiary/aromatic N) is 1. The van der Waals surface area contributed by atoms with E-state index in [2.05, 4.69) is 34.0 Å². The van der Waals surface area contributed by atoms with Gasteiger partial charge in [-0.15, -0.1) is 0 Å². The Balaban J connectivity index is 1.51. The van der Waals surface area contributed by atoms with Gasteiger partial charge in [0, 0.05) is 18.7 Å². The average Bonchev–Trinajstić information content (AvgIpc) is 3.12. The largest absolute Gasteiger partial charge is 0.376 e. The number of aryl methyl sites for hydroxylation is 1. The second kappa shape index (κ2) is 6.33. The van der Waals surface area contributed by atoms with Crippen molar-refractivity contribution in [2.75, 3.05) is 13.2 Å². The van der Waals surface area contributed by atoms with Crippen LogP contribution >= 0.6 is 12.2 Å². The molecule has 0 saturated carbocycles. The number of hydrogen-bond acceptors (Lipinski definition) is 3. The van der Waals surface area contributed by atoms with E-state index in [1.54, 1.807) is 0 Å². The molecule has 1 atom stereocenters. The molecule has 1 heterocycles. The van der Waals surface area contributed by atoms with Crippen molar-refractivity contribution in [3.05, 3.63) is 35.4 Å². The van der Waals surface area contributed by atoms with Gasteiger partial charge >= 0.3 is 0 Å². The number of ether oxygens (including phenoxy) is 1. The summed E-state index contributed by atoms with van der Waals surface area (Å²) in [5, 5.41) is 8.16. The molecule has 1 aliphatic carbocycles. The first kappa shape index (κ1) is 13.5. The summed E-state index contributed by atoms with van der Waals surface area (Å²) in [7, 11) is 0. The fraction of sp³-hybridized carbons (Fsp3) is 0.467. The highest BCUT2D eigenvalue weighted by Crippen LogP contribution is 2.21. The Kier molecular flexibility index (Phi) is 4.28. The lowest BCUT2D eigenvalue weighted by Crippen LogP contribution is -2.37. The monoisotopic (exact) mass is 289 g/mol. The van der Waals surface area contributed by atoms with Crippen LogP contribution in [0.3, 0.4) is 0 Å². The van der Waals surface area contributed by atoms with Crippen LogP contribution in [0.5, 0.6) is 0 Å². The van der Waals surface area contributed by atoms with Crippen molar-refractivity contribution in [2.45, 2.75) is 31.8 Å². The van der Waals surface area contributed by atoms with Crippen LogP contribution in [0, 0.1) is 0 Å². The van der Waals surface area contributed by atoms with Crippen molar-refractivity contribution in [3.8, 4) is 0 Å². The SMILES string of the molecule is S=C(NCC1CCCO1)NN=C1CCc2ccccc21. The molecule has 2 N–H and O–H groups in total. The minimum atomic E-state index is 0.287. The van der Waals surface area contributed by atoms with Crippen LogP contribution in [0.15, 0.2) is 29.4 Å². The van der Waals surface area contributed by atoms with E-state index >= 15 is 0 Å². The van der Waals surface area contributed by atoms with Gasteiger partial charge in [-0.2, -0.15) is 5.10 Å². The Bertz CT molecular complexity index is 524. The molecule has 1 aliphatic heterocycles. The van der Waals surface area contributed by atoms with Gasteiger partial charge in [-0.3, -0.25) is 5.43 Å². The Hall–Kier alpha value is -1.46. The van der Waals surface area contributed by atoms with Crippen molar-refractivity contribution in [2.24, 2.45) is 5.10 Å². The van der Waals surface area contributed by atoms with Crippen LogP contribution in [0.2, 0.25) is 0 Å². The van der Waals surface area contributed by atoms with Crippen LogP contribution in [-0.2, 0) is 11.2 Å². The van der Waals surface area contributed by atoms with Gasteiger partial charge in [0.1, 0.15) is 0 Å². The van der Waals surface area contributed by atoms with Crippen LogP contribution in [0.1, 0.15) is 30.4 Å². The Morgan fingerprint density at radius 3 is 3.10 bits per heavy atom. The lowest BCUT2D eigenvalue weighted by atomic mass is 10.1. The fourth-order valence-corrected chi connectivity index (χ4v) is 2.82. The molecule has 1 aromatic carbocycles. The molecule has 0 aromatic heterocycles. The zero-order valence-electron chi connectivity index (χ0n) is 11.4. The molecule has 0 spiro atoms. The molecular weight excluding hydrogens is 270 g/mol. The number of thiocarbonyl (C=S) groups is 1. The van der Waals surface area contributed by atoms with Gasteiger partial charge in [0.15, 0.2) is 5.11 Å². The number of hydrogen-bond donors (Lipinski definition) is 2. The smallest absolute Gasteiger partial charge is 0.187 e. The summed E-state index contributed by atoms with van der Waals surface area (Å²) >= 11 is 5.24. The van der Waals surface area contributed by atoms with Gasteiger partial charge in [0.25, 0.3) is 0 Å². The Labute approximate surface area is 124 Å². The highest BCUT2D eigenvalue weighted by atomic mass is 32.1. The lowest BCUT2D eigenvalue weighted by Gasteiger charge is -2.12. The van der Waals surface area contributed by atoms with E-state index in [4.69, 9.17) is 17.0 Å². The van der Waals surface area contributed by atoms with Crippen LogP contribution in [-0.4, -0.2) is 30.1 Å². The minimum Gasteiger partial charge on any atom is -0.376 e. The first-order valence-corrected chi connectivity index (χ1v) is 7.54. The molecule has 0 amide bonds. The van der Waals surface area contributed by atoms with Crippen molar-refractivity contribution < 1.29 is 4.74 Å². The summed E-state index contributed by atoms with van der Waals surface area (Å²) in [6.45, 7) is 1.62. The molecule has 20 heavy (non-hydrogen) atoms. The fourth-order valence-electron chi connectivity index (χ4n) is 2.69. The highest BCUT2D eigenvalue weighted by Gasteiger charge is 2.17. The molecule has 1 fully saturated rings. The summed E-state index contributed by atoms with van der Waals surface area (Å²) in [6, 6.07) is 8.40. The summed E-state index contributed by atoms with van der Waals surface area (Å²) < 4.78 is 5.54. The van der Waals surface area contributed by atoms with E-state index in [0.717, 1.165) is 44.5 Å². The van der Waals surface area contributed by atoms with E-state index in [1.807, 2.05) is 6.07 Å². The minimum absolute atomic E-state index is 0.287. The molecule has 4 nitrogen and oxygen atoms in total. The summed E-state index contributed by atoms with van der Waals surface area (Å²) in [5.74, 6) is 0. The van der Waals surface area contributed by atoms with E-state index in [1.165, 1.54) is 11.1 Å². The van der Waals surface area contributed by atoms with Crippen molar-refractivity contribution in [1.82, 2.24) is 10.7 Å². The molecule has 106 valence electrons. The first-order chi connectivity index (χ1) is 9.83. The number of hydrazone groups is 1. The zero-order valence-corrected chi connectivity index (χ0v) is 12.2. The maximum Gasteiger partial charge on any atom is 0.187 e. The molecule has 0 bridgehead atoms. The molecule has 3 rings (SSSR count). The molecule has 1 saturated heterocycles. The molecule has 5 heteroatoms. The number of nitrogens with one attached hydrogen (secondary N) is 2. The van der Waals surface area contributed by atoms with Crippen LogP contribution in [0.25, 0.3) is 0 Å². The topological polar surface area (TPSA) is 45.6 Å². The van der Waals surface area contributed by atoms with Gasteiger partial charge in [-0.05, 0) is 43.5 Å². The third-order valence-corrected chi connectivity index (χ3v) is 4.00. The van der Waals surface area contributed by atoms with E-state index in [-0.39, 0.29) is 6.10 Å². The third kappa shape index (κ3) is 3.16. The van der Waals surface area contributed by atoms with Gasteiger partial charge in [-0.25, -0.2) is 0 Å². The van der Waals surface area contributed by atoms with Crippen molar-refractivity contribution in [3.63, 3.8) is 0 Å². The molecule has 1 unspecified atom stereocenters. The second-order valence-electron chi connectivity index (χ2n) is 5.17. The second-order valence-corrected chi connectivity index (χ2v) is 5.58. The molecule has 1 aromatic rings. The average molecular weight is 289 g/mol. The number of rotatable bonds is 3. The van der Waals surface area contributed by atoms with Crippen LogP contribution < -0.4 is 10.7 Å². The normalized spacial score (nSPS) is 22.8. The quantitative estimate of drug-likeness (QED) is 0.660. The lowest BCUT2D eigenvalue weighted by molar-refractivity contribution is 0.114. The van der Waals surface area contributed by atoms with Gasteiger partial charge in [0.2, 0.25) is 0 Å². The van der Waals surface area contributed by atoms with Crippen LogP contribution in [0.4, 0.5) is 0 Å². The molecular formula is C15H19N3OS. The number of benzene rings is 1. The molecule has 0 radical (unpaired) electrons.